The van der Waals surface area contributed by atoms with Crippen LogP contribution in [0, 0.1) is 12.7 Å². The topological polar surface area (TPSA) is 70.8 Å². The largest absolute Gasteiger partial charge is 0.366 e. The molecule has 0 atom stereocenters. The van der Waals surface area contributed by atoms with Crippen molar-refractivity contribution in [3.05, 3.63) is 65.5 Å². The number of rotatable bonds is 5. The van der Waals surface area contributed by atoms with E-state index in [2.05, 4.69) is 23.2 Å². The molecule has 4 aromatic rings. The van der Waals surface area contributed by atoms with Crippen molar-refractivity contribution in [1.82, 2.24) is 19.5 Å². The summed E-state index contributed by atoms with van der Waals surface area (Å²) in [5.41, 5.74) is 3.73. The summed E-state index contributed by atoms with van der Waals surface area (Å²) in [6, 6.07) is 14.7. The van der Waals surface area contributed by atoms with E-state index in [1.807, 2.05) is 33.6 Å². The lowest BCUT2D eigenvalue weighted by Gasteiger charge is -2.36. The highest BCUT2D eigenvalue weighted by Crippen LogP contribution is 2.26. The number of anilines is 1. The number of aromatic nitrogens is 3. The van der Waals surface area contributed by atoms with Gasteiger partial charge in [0.15, 0.2) is 16.6 Å². The van der Waals surface area contributed by atoms with Crippen molar-refractivity contribution in [2.24, 2.45) is 0 Å². The van der Waals surface area contributed by atoms with E-state index in [-0.39, 0.29) is 17.4 Å². The monoisotopic (exact) mass is 477 g/mol. The number of hydrogen-bond donors (Lipinski definition) is 0. The lowest BCUT2D eigenvalue weighted by Crippen LogP contribution is -2.49. The SMILES string of the molecule is CC(=O)c1ccc(N2CCN(C(=O)CSc3nnc4cc(C)c5ccccc5n34)CC2)c(F)c1. The summed E-state index contributed by atoms with van der Waals surface area (Å²) in [5, 5.41) is 10.4. The van der Waals surface area contributed by atoms with E-state index in [1.165, 1.54) is 24.8 Å². The van der Waals surface area contributed by atoms with Crippen LogP contribution in [0.4, 0.5) is 10.1 Å². The van der Waals surface area contributed by atoms with Crippen molar-refractivity contribution in [3.63, 3.8) is 0 Å². The van der Waals surface area contributed by atoms with Crippen LogP contribution in [0.3, 0.4) is 0 Å². The first-order valence-corrected chi connectivity index (χ1v) is 12.1. The minimum atomic E-state index is -0.413. The fourth-order valence-corrected chi connectivity index (χ4v) is 5.22. The Morgan fingerprint density at radius 1 is 1.03 bits per heavy atom. The van der Waals surface area contributed by atoms with Crippen LogP contribution in [0.2, 0.25) is 0 Å². The highest BCUT2D eigenvalue weighted by molar-refractivity contribution is 7.99. The van der Waals surface area contributed by atoms with Crippen LogP contribution in [-0.4, -0.2) is 63.1 Å². The van der Waals surface area contributed by atoms with Crippen molar-refractivity contribution in [2.45, 2.75) is 19.0 Å². The van der Waals surface area contributed by atoms with Crippen LogP contribution >= 0.6 is 11.8 Å². The van der Waals surface area contributed by atoms with E-state index in [1.54, 1.807) is 17.0 Å². The first-order chi connectivity index (χ1) is 16.4. The van der Waals surface area contributed by atoms with Crippen LogP contribution in [0.1, 0.15) is 22.8 Å². The average molecular weight is 478 g/mol. The Morgan fingerprint density at radius 2 is 1.79 bits per heavy atom. The highest BCUT2D eigenvalue weighted by Gasteiger charge is 2.24. The molecule has 7 nitrogen and oxygen atoms in total. The van der Waals surface area contributed by atoms with E-state index in [0.29, 0.717) is 42.6 Å². The second-order valence-corrected chi connectivity index (χ2v) is 9.34. The zero-order chi connectivity index (χ0) is 23.8. The quantitative estimate of drug-likeness (QED) is 0.320. The third-order valence-corrected chi connectivity index (χ3v) is 7.14. The summed E-state index contributed by atoms with van der Waals surface area (Å²) < 4.78 is 16.5. The smallest absolute Gasteiger partial charge is 0.233 e. The Bertz CT molecular complexity index is 1410. The third kappa shape index (κ3) is 4.11. The normalized spacial score (nSPS) is 14.2. The van der Waals surface area contributed by atoms with Gasteiger partial charge >= 0.3 is 0 Å². The fourth-order valence-electron chi connectivity index (χ4n) is 4.36. The molecular formula is C25H24FN5O2S. The zero-order valence-electron chi connectivity index (χ0n) is 19.0. The van der Waals surface area contributed by atoms with Crippen molar-refractivity contribution in [1.29, 1.82) is 0 Å². The average Bonchev–Trinajstić information content (AvgIpc) is 3.25. The highest BCUT2D eigenvalue weighted by atomic mass is 32.2. The Balaban J connectivity index is 1.24. The number of para-hydroxylation sites is 1. The van der Waals surface area contributed by atoms with E-state index in [0.717, 1.165) is 22.1 Å². The van der Waals surface area contributed by atoms with E-state index in [9.17, 15) is 14.0 Å². The number of hydrogen-bond acceptors (Lipinski definition) is 6. The molecule has 1 aliphatic rings. The number of ketones is 1. The maximum absolute atomic E-state index is 14.5. The maximum atomic E-state index is 14.5. The van der Waals surface area contributed by atoms with E-state index < -0.39 is 5.82 Å². The lowest BCUT2D eigenvalue weighted by molar-refractivity contribution is -0.128. The summed E-state index contributed by atoms with van der Waals surface area (Å²) in [5.74, 6) is -0.304. The molecule has 3 heterocycles. The molecule has 34 heavy (non-hydrogen) atoms. The van der Waals surface area contributed by atoms with Crippen molar-refractivity contribution >= 4 is 45.7 Å². The van der Waals surface area contributed by atoms with Crippen LogP contribution in [0.25, 0.3) is 16.6 Å². The molecule has 0 radical (unpaired) electrons. The molecule has 0 spiro atoms. The van der Waals surface area contributed by atoms with Gasteiger partial charge in [0, 0.05) is 37.1 Å². The van der Waals surface area contributed by atoms with Gasteiger partial charge in [0.1, 0.15) is 5.82 Å². The summed E-state index contributed by atoms with van der Waals surface area (Å²) in [7, 11) is 0. The molecule has 9 heteroatoms. The minimum absolute atomic E-state index is 0.0187. The van der Waals surface area contributed by atoms with Gasteiger partial charge in [-0.3, -0.25) is 14.0 Å². The fraction of sp³-hybridized carbons (Fsp3) is 0.280. The van der Waals surface area contributed by atoms with Gasteiger partial charge in [0.2, 0.25) is 5.91 Å². The molecule has 5 rings (SSSR count). The van der Waals surface area contributed by atoms with E-state index in [4.69, 9.17) is 0 Å². The van der Waals surface area contributed by atoms with Gasteiger partial charge in [0.05, 0.1) is 17.0 Å². The van der Waals surface area contributed by atoms with Crippen molar-refractivity contribution < 1.29 is 14.0 Å². The molecule has 0 bridgehead atoms. The van der Waals surface area contributed by atoms with Gasteiger partial charge < -0.3 is 9.80 Å². The zero-order valence-corrected chi connectivity index (χ0v) is 19.8. The summed E-state index contributed by atoms with van der Waals surface area (Å²) in [6.07, 6.45) is 0. The molecule has 1 saturated heterocycles. The van der Waals surface area contributed by atoms with Gasteiger partial charge in [-0.05, 0) is 49.7 Å². The number of Topliss-reactive ketones (excluding diaryl/α,β-unsaturated/α-hetero) is 1. The van der Waals surface area contributed by atoms with Crippen molar-refractivity contribution in [3.8, 4) is 0 Å². The van der Waals surface area contributed by atoms with Crippen LogP contribution in [-0.2, 0) is 4.79 Å². The molecule has 0 saturated carbocycles. The van der Waals surface area contributed by atoms with Gasteiger partial charge in [-0.25, -0.2) is 4.39 Å². The van der Waals surface area contributed by atoms with E-state index >= 15 is 0 Å². The first-order valence-electron chi connectivity index (χ1n) is 11.1. The van der Waals surface area contributed by atoms with Crippen molar-refractivity contribution in [2.75, 3.05) is 36.8 Å². The number of fused-ring (bicyclic) bond motifs is 3. The second-order valence-electron chi connectivity index (χ2n) is 8.40. The minimum Gasteiger partial charge on any atom is -0.366 e. The third-order valence-electron chi connectivity index (χ3n) is 6.23. The Hall–Kier alpha value is -3.46. The standard InChI is InChI=1S/C25H24FN5O2S/c1-16-13-23-27-28-25(31(23)21-6-4-3-5-19(16)21)34-15-24(33)30-11-9-29(10-12-30)22-8-7-18(17(2)32)14-20(22)26/h3-8,13-14H,9-12,15H2,1-2H3. The van der Waals surface area contributed by atoms with Gasteiger partial charge in [-0.15, -0.1) is 10.2 Å². The number of pyridine rings is 1. The molecule has 2 aromatic heterocycles. The van der Waals surface area contributed by atoms with Gasteiger partial charge in [0.25, 0.3) is 0 Å². The number of amides is 1. The number of thioether (sulfide) groups is 1. The molecule has 0 aliphatic carbocycles. The number of benzene rings is 2. The molecule has 1 aliphatic heterocycles. The number of aryl methyl sites for hydroxylation is 1. The first kappa shape index (κ1) is 22.3. The molecule has 0 N–H and O–H groups in total. The summed E-state index contributed by atoms with van der Waals surface area (Å²) in [4.78, 5) is 28.1. The number of carbonyl (C=O) groups is 2. The molecule has 1 fully saturated rings. The molecule has 0 unspecified atom stereocenters. The summed E-state index contributed by atoms with van der Waals surface area (Å²) >= 11 is 1.38. The molecule has 2 aromatic carbocycles. The Kier molecular flexibility index (Phi) is 5.95. The predicted molar refractivity (Wildman–Crippen MR) is 131 cm³/mol. The summed E-state index contributed by atoms with van der Waals surface area (Å²) in [6.45, 7) is 5.56. The van der Waals surface area contributed by atoms with Gasteiger partial charge in [-0.2, -0.15) is 0 Å². The number of piperazine rings is 1. The predicted octanol–water partition coefficient (Wildman–Crippen LogP) is 3.97. The number of carbonyl (C=O) groups excluding carboxylic acids is 2. The van der Waals surface area contributed by atoms with Gasteiger partial charge in [-0.1, -0.05) is 30.0 Å². The van der Waals surface area contributed by atoms with Crippen LogP contribution < -0.4 is 4.90 Å². The Labute approximate surface area is 200 Å². The van der Waals surface area contributed by atoms with Crippen LogP contribution in [0.15, 0.2) is 53.7 Å². The van der Waals surface area contributed by atoms with Crippen LogP contribution in [0.5, 0.6) is 0 Å². The molecule has 1 amide bonds. The molecular weight excluding hydrogens is 453 g/mol. The lowest BCUT2D eigenvalue weighted by atomic mass is 10.1. The maximum Gasteiger partial charge on any atom is 0.233 e. The number of halogens is 1. The Morgan fingerprint density at radius 3 is 2.53 bits per heavy atom. The molecule has 174 valence electrons. The second kappa shape index (κ2) is 9.06. The number of nitrogens with zero attached hydrogens (tertiary/aromatic N) is 5.